The lowest BCUT2D eigenvalue weighted by atomic mass is 9.92. The number of ether oxygens (including phenoxy) is 1. The summed E-state index contributed by atoms with van der Waals surface area (Å²) in [5.74, 6) is 0.414. The van der Waals surface area contributed by atoms with Gasteiger partial charge >= 0.3 is 0 Å². The normalized spacial score (nSPS) is 15.6. The van der Waals surface area contributed by atoms with Crippen molar-refractivity contribution in [2.24, 2.45) is 0 Å². The minimum absolute atomic E-state index is 0.130. The van der Waals surface area contributed by atoms with E-state index in [0.717, 1.165) is 17.7 Å². The van der Waals surface area contributed by atoms with Crippen LogP contribution in [0.1, 0.15) is 24.8 Å². The van der Waals surface area contributed by atoms with Crippen molar-refractivity contribution in [3.8, 4) is 5.75 Å². The van der Waals surface area contributed by atoms with Gasteiger partial charge in [0.2, 0.25) is 0 Å². The standard InChI is InChI=1S/C15H15ClO3/c1-19-11-7-5-10(6-8-11)9-14(18)15-12(16)3-2-4-13(15)17/h5-8H,2-4,9H2,1H3. The van der Waals surface area contributed by atoms with Crippen LogP contribution < -0.4 is 4.74 Å². The van der Waals surface area contributed by atoms with Gasteiger partial charge < -0.3 is 4.74 Å². The number of benzene rings is 1. The highest BCUT2D eigenvalue weighted by molar-refractivity contribution is 6.37. The number of rotatable bonds is 4. The smallest absolute Gasteiger partial charge is 0.171 e. The third kappa shape index (κ3) is 3.24. The molecular formula is C15H15ClO3. The van der Waals surface area contributed by atoms with Crippen molar-refractivity contribution in [1.82, 2.24) is 0 Å². The van der Waals surface area contributed by atoms with E-state index in [4.69, 9.17) is 16.3 Å². The maximum Gasteiger partial charge on any atom is 0.171 e. The van der Waals surface area contributed by atoms with Gasteiger partial charge in [-0.15, -0.1) is 0 Å². The number of carbonyl (C=O) groups is 2. The van der Waals surface area contributed by atoms with Gasteiger partial charge in [0.15, 0.2) is 11.6 Å². The number of allylic oxidation sites excluding steroid dienone is 2. The van der Waals surface area contributed by atoms with E-state index in [1.165, 1.54) is 0 Å². The van der Waals surface area contributed by atoms with Gasteiger partial charge in [-0.05, 0) is 30.5 Å². The number of carbonyl (C=O) groups excluding carboxylic acids is 2. The first kappa shape index (κ1) is 13.8. The number of hydrogen-bond acceptors (Lipinski definition) is 3. The lowest BCUT2D eigenvalue weighted by Gasteiger charge is -2.14. The molecule has 1 aromatic rings. The molecule has 4 heteroatoms. The Bertz CT molecular complexity index is 529. The Morgan fingerprint density at radius 1 is 1.26 bits per heavy atom. The molecule has 1 aliphatic carbocycles. The summed E-state index contributed by atoms with van der Waals surface area (Å²) in [4.78, 5) is 23.9. The fourth-order valence-electron chi connectivity index (χ4n) is 2.13. The summed E-state index contributed by atoms with van der Waals surface area (Å²) < 4.78 is 5.06. The molecule has 0 bridgehead atoms. The Morgan fingerprint density at radius 3 is 2.53 bits per heavy atom. The van der Waals surface area contributed by atoms with Gasteiger partial charge in [0.25, 0.3) is 0 Å². The molecule has 0 amide bonds. The summed E-state index contributed by atoms with van der Waals surface area (Å²) >= 11 is 6.00. The van der Waals surface area contributed by atoms with E-state index in [2.05, 4.69) is 0 Å². The quantitative estimate of drug-likeness (QED) is 0.795. The van der Waals surface area contributed by atoms with Crippen LogP contribution in [0.2, 0.25) is 0 Å². The lowest BCUT2D eigenvalue weighted by Crippen LogP contribution is -2.19. The minimum atomic E-state index is -0.195. The predicted molar refractivity (Wildman–Crippen MR) is 73.4 cm³/mol. The first-order valence-corrected chi connectivity index (χ1v) is 6.57. The molecule has 0 N–H and O–H groups in total. The Hall–Kier alpha value is -1.61. The maximum atomic E-state index is 12.1. The van der Waals surface area contributed by atoms with Gasteiger partial charge in [0.05, 0.1) is 12.7 Å². The number of Topliss-reactive ketones (excluding diaryl/α,β-unsaturated/α-hetero) is 2. The van der Waals surface area contributed by atoms with Gasteiger partial charge in [-0.3, -0.25) is 9.59 Å². The third-order valence-corrected chi connectivity index (χ3v) is 3.53. The summed E-state index contributed by atoms with van der Waals surface area (Å²) in [5.41, 5.74) is 1.05. The SMILES string of the molecule is COc1ccc(CC(=O)C2=C(Cl)CCCC2=O)cc1. The van der Waals surface area contributed by atoms with E-state index in [-0.39, 0.29) is 23.6 Å². The van der Waals surface area contributed by atoms with Crippen LogP contribution in [-0.4, -0.2) is 18.7 Å². The molecular weight excluding hydrogens is 264 g/mol. The van der Waals surface area contributed by atoms with Gasteiger partial charge in [0.1, 0.15) is 5.75 Å². The molecule has 0 heterocycles. The fourth-order valence-corrected chi connectivity index (χ4v) is 2.47. The van der Waals surface area contributed by atoms with Gasteiger partial charge in [-0.1, -0.05) is 23.7 Å². The molecule has 0 saturated heterocycles. The van der Waals surface area contributed by atoms with Crippen LogP contribution >= 0.6 is 11.6 Å². The molecule has 19 heavy (non-hydrogen) atoms. The van der Waals surface area contributed by atoms with Crippen molar-refractivity contribution >= 4 is 23.2 Å². The average Bonchev–Trinajstić information content (AvgIpc) is 2.39. The summed E-state index contributed by atoms with van der Waals surface area (Å²) in [6, 6.07) is 7.22. The summed E-state index contributed by atoms with van der Waals surface area (Å²) in [7, 11) is 1.59. The van der Waals surface area contributed by atoms with Gasteiger partial charge in [-0.25, -0.2) is 0 Å². The molecule has 1 aliphatic rings. The molecule has 0 aromatic heterocycles. The molecule has 2 rings (SSSR count). The molecule has 100 valence electrons. The number of methoxy groups -OCH3 is 1. The molecule has 0 atom stereocenters. The molecule has 0 unspecified atom stereocenters. The Morgan fingerprint density at radius 2 is 1.95 bits per heavy atom. The van der Waals surface area contributed by atoms with Crippen LogP contribution in [0.3, 0.4) is 0 Å². The number of hydrogen-bond donors (Lipinski definition) is 0. The zero-order chi connectivity index (χ0) is 13.8. The second-order valence-corrected chi connectivity index (χ2v) is 4.96. The molecule has 1 aromatic carbocycles. The van der Waals surface area contributed by atoms with E-state index < -0.39 is 0 Å². The van der Waals surface area contributed by atoms with E-state index in [1.807, 2.05) is 12.1 Å². The molecule has 0 saturated carbocycles. The highest BCUT2D eigenvalue weighted by Crippen LogP contribution is 2.26. The highest BCUT2D eigenvalue weighted by Gasteiger charge is 2.25. The van der Waals surface area contributed by atoms with Crippen molar-refractivity contribution in [2.75, 3.05) is 7.11 Å². The van der Waals surface area contributed by atoms with E-state index in [1.54, 1.807) is 19.2 Å². The van der Waals surface area contributed by atoms with Crippen molar-refractivity contribution < 1.29 is 14.3 Å². The van der Waals surface area contributed by atoms with Gasteiger partial charge in [-0.2, -0.15) is 0 Å². The van der Waals surface area contributed by atoms with Crippen LogP contribution in [0.5, 0.6) is 5.75 Å². The van der Waals surface area contributed by atoms with E-state index >= 15 is 0 Å². The number of ketones is 2. The van der Waals surface area contributed by atoms with E-state index in [9.17, 15) is 9.59 Å². The van der Waals surface area contributed by atoms with Crippen molar-refractivity contribution in [3.05, 3.63) is 40.4 Å². The topological polar surface area (TPSA) is 43.4 Å². The molecule has 0 fully saturated rings. The first-order valence-electron chi connectivity index (χ1n) is 6.20. The zero-order valence-electron chi connectivity index (χ0n) is 10.7. The molecule has 3 nitrogen and oxygen atoms in total. The summed E-state index contributed by atoms with van der Waals surface area (Å²) in [6.07, 6.45) is 1.97. The van der Waals surface area contributed by atoms with E-state index in [0.29, 0.717) is 17.9 Å². The Balaban J connectivity index is 2.14. The molecule has 0 spiro atoms. The van der Waals surface area contributed by atoms with Crippen molar-refractivity contribution in [1.29, 1.82) is 0 Å². The van der Waals surface area contributed by atoms with Crippen LogP contribution in [0, 0.1) is 0 Å². The van der Waals surface area contributed by atoms with Crippen LogP contribution in [0.25, 0.3) is 0 Å². The average molecular weight is 279 g/mol. The lowest BCUT2D eigenvalue weighted by molar-refractivity contribution is -0.121. The van der Waals surface area contributed by atoms with Crippen molar-refractivity contribution in [2.45, 2.75) is 25.7 Å². The van der Waals surface area contributed by atoms with Crippen molar-refractivity contribution in [3.63, 3.8) is 0 Å². The maximum absolute atomic E-state index is 12.1. The zero-order valence-corrected chi connectivity index (χ0v) is 11.5. The second-order valence-electron chi connectivity index (χ2n) is 4.50. The van der Waals surface area contributed by atoms with Crippen LogP contribution in [0.15, 0.2) is 34.9 Å². The monoisotopic (exact) mass is 278 g/mol. The fraction of sp³-hybridized carbons (Fsp3) is 0.333. The largest absolute Gasteiger partial charge is 0.497 e. The summed E-state index contributed by atoms with van der Waals surface area (Å²) in [5, 5.41) is 0.412. The number of halogens is 1. The highest BCUT2D eigenvalue weighted by atomic mass is 35.5. The third-order valence-electron chi connectivity index (χ3n) is 3.15. The second kappa shape index (κ2) is 6.02. The minimum Gasteiger partial charge on any atom is -0.497 e. The Labute approximate surface area is 117 Å². The van der Waals surface area contributed by atoms with Crippen LogP contribution in [-0.2, 0) is 16.0 Å². The molecule has 0 aliphatic heterocycles. The van der Waals surface area contributed by atoms with Crippen LogP contribution in [0.4, 0.5) is 0 Å². The Kier molecular flexibility index (Phi) is 4.38. The molecule has 0 radical (unpaired) electrons. The predicted octanol–water partition coefficient (Wildman–Crippen LogP) is 3.05. The van der Waals surface area contributed by atoms with Gasteiger partial charge in [0, 0.05) is 17.9 Å². The summed E-state index contributed by atoms with van der Waals surface area (Å²) in [6.45, 7) is 0. The first-order chi connectivity index (χ1) is 9.11.